The van der Waals surface area contributed by atoms with Crippen molar-refractivity contribution < 1.29 is 24.3 Å². The van der Waals surface area contributed by atoms with Gasteiger partial charge in [0, 0.05) is 12.1 Å². The standard InChI is InChI=1S/C18H21NO6/c20-18(21)12-1-2-15(19(22)23)16(8-12)24-9-25-17-13-4-10-3-11(6-13)7-14(17)5-10/h1-2,8,10-11,13-14,17H,3-7,9H2,(H,20,21). The number of benzene rings is 1. The Labute approximate surface area is 145 Å². The van der Waals surface area contributed by atoms with Crippen molar-refractivity contribution in [2.75, 3.05) is 6.79 Å². The number of carboxylic acid groups (broad SMARTS) is 1. The molecule has 4 bridgehead atoms. The molecule has 4 aliphatic carbocycles. The van der Waals surface area contributed by atoms with Crippen LogP contribution in [0.25, 0.3) is 0 Å². The second-order valence-corrected chi connectivity index (χ2v) is 7.57. The van der Waals surface area contributed by atoms with Crippen LogP contribution in [0.1, 0.15) is 42.5 Å². The van der Waals surface area contributed by atoms with Crippen LogP contribution >= 0.6 is 0 Å². The Bertz CT molecular complexity index is 675. The lowest BCUT2D eigenvalue weighted by Crippen LogP contribution is -2.49. The predicted molar refractivity (Wildman–Crippen MR) is 87.5 cm³/mol. The lowest BCUT2D eigenvalue weighted by Gasteiger charge is -2.53. The van der Waals surface area contributed by atoms with E-state index in [2.05, 4.69) is 0 Å². The van der Waals surface area contributed by atoms with Crippen molar-refractivity contribution >= 4 is 11.7 Å². The molecule has 0 heterocycles. The summed E-state index contributed by atoms with van der Waals surface area (Å²) in [6.07, 6.45) is 6.39. The summed E-state index contributed by atoms with van der Waals surface area (Å²) in [6.45, 7) is -0.0864. The lowest BCUT2D eigenvalue weighted by atomic mass is 9.55. The van der Waals surface area contributed by atoms with Gasteiger partial charge in [-0.2, -0.15) is 0 Å². The molecule has 0 amide bonds. The van der Waals surface area contributed by atoms with E-state index < -0.39 is 10.9 Å². The minimum absolute atomic E-state index is 0.0461. The van der Waals surface area contributed by atoms with Crippen molar-refractivity contribution in [1.29, 1.82) is 0 Å². The number of carboxylic acids is 1. The Morgan fingerprint density at radius 1 is 1.16 bits per heavy atom. The summed E-state index contributed by atoms with van der Waals surface area (Å²) >= 11 is 0. The van der Waals surface area contributed by atoms with Gasteiger partial charge in [-0.05, 0) is 61.8 Å². The summed E-state index contributed by atoms with van der Waals surface area (Å²) in [5.74, 6) is 1.61. The van der Waals surface area contributed by atoms with Crippen LogP contribution in [-0.2, 0) is 4.74 Å². The number of hydrogen-bond acceptors (Lipinski definition) is 5. The van der Waals surface area contributed by atoms with Crippen LogP contribution in [0.2, 0.25) is 0 Å². The summed E-state index contributed by atoms with van der Waals surface area (Å²) in [4.78, 5) is 21.6. The summed E-state index contributed by atoms with van der Waals surface area (Å²) in [5, 5.41) is 20.2. The topological polar surface area (TPSA) is 98.9 Å². The van der Waals surface area contributed by atoms with E-state index >= 15 is 0 Å². The molecule has 4 aliphatic rings. The first-order valence-corrected chi connectivity index (χ1v) is 8.77. The van der Waals surface area contributed by atoms with Crippen molar-refractivity contribution in [3.63, 3.8) is 0 Å². The van der Waals surface area contributed by atoms with E-state index in [1.54, 1.807) is 0 Å². The van der Waals surface area contributed by atoms with Gasteiger partial charge >= 0.3 is 11.7 Å². The van der Waals surface area contributed by atoms with Crippen molar-refractivity contribution in [3.05, 3.63) is 33.9 Å². The van der Waals surface area contributed by atoms with E-state index in [4.69, 9.17) is 14.6 Å². The Hall–Kier alpha value is -2.15. The summed E-state index contributed by atoms with van der Waals surface area (Å²) in [5.41, 5.74) is -0.297. The van der Waals surface area contributed by atoms with Crippen LogP contribution in [0.15, 0.2) is 18.2 Å². The van der Waals surface area contributed by atoms with Crippen molar-refractivity contribution in [2.24, 2.45) is 23.7 Å². The molecule has 0 atom stereocenters. The largest absolute Gasteiger partial charge is 0.478 e. The van der Waals surface area contributed by atoms with Gasteiger partial charge in [-0.1, -0.05) is 0 Å². The maximum Gasteiger partial charge on any atom is 0.335 e. The molecule has 5 rings (SSSR count). The van der Waals surface area contributed by atoms with Gasteiger partial charge in [0.2, 0.25) is 5.75 Å². The summed E-state index contributed by atoms with van der Waals surface area (Å²) in [7, 11) is 0. The molecular formula is C18H21NO6. The first kappa shape index (κ1) is 16.3. The smallest absolute Gasteiger partial charge is 0.335 e. The quantitative estimate of drug-likeness (QED) is 0.480. The Morgan fingerprint density at radius 2 is 1.80 bits per heavy atom. The molecule has 1 aromatic rings. The van der Waals surface area contributed by atoms with E-state index in [1.165, 1.54) is 44.2 Å². The molecule has 7 nitrogen and oxygen atoms in total. The Kier molecular flexibility index (Phi) is 4.11. The highest BCUT2D eigenvalue weighted by molar-refractivity contribution is 5.88. The van der Waals surface area contributed by atoms with E-state index in [0.29, 0.717) is 11.8 Å². The van der Waals surface area contributed by atoms with Crippen molar-refractivity contribution in [1.82, 2.24) is 0 Å². The van der Waals surface area contributed by atoms with Gasteiger partial charge < -0.3 is 14.6 Å². The molecule has 0 spiro atoms. The molecule has 134 valence electrons. The average molecular weight is 347 g/mol. The van der Waals surface area contributed by atoms with Gasteiger partial charge in [-0.3, -0.25) is 10.1 Å². The van der Waals surface area contributed by atoms with Crippen molar-refractivity contribution in [3.8, 4) is 5.75 Å². The molecule has 0 aliphatic heterocycles. The van der Waals surface area contributed by atoms with E-state index in [0.717, 1.165) is 17.9 Å². The minimum Gasteiger partial charge on any atom is -0.478 e. The van der Waals surface area contributed by atoms with Crippen LogP contribution in [0, 0.1) is 33.8 Å². The number of nitrogens with zero attached hydrogens (tertiary/aromatic N) is 1. The third-order valence-electron chi connectivity index (χ3n) is 6.02. The SMILES string of the molecule is O=C(O)c1ccc([N+](=O)[O-])c(OCOC2C3CC4CC(C3)CC2C4)c1. The maximum absolute atomic E-state index is 11.1. The van der Waals surface area contributed by atoms with Crippen molar-refractivity contribution in [2.45, 2.75) is 38.2 Å². The second kappa shape index (κ2) is 6.29. The second-order valence-electron chi connectivity index (χ2n) is 7.57. The van der Waals surface area contributed by atoms with Gasteiger partial charge in [0.25, 0.3) is 0 Å². The fourth-order valence-corrected chi connectivity index (χ4v) is 5.24. The number of carbonyl (C=O) groups is 1. The number of ether oxygens (including phenoxy) is 2. The zero-order valence-electron chi connectivity index (χ0n) is 13.8. The molecule has 0 unspecified atom stereocenters. The number of rotatable bonds is 6. The van der Waals surface area contributed by atoms with E-state index in [-0.39, 0.29) is 29.9 Å². The van der Waals surface area contributed by atoms with Gasteiger partial charge in [-0.15, -0.1) is 0 Å². The third kappa shape index (κ3) is 3.08. The molecule has 1 aromatic carbocycles. The van der Waals surface area contributed by atoms with Crippen LogP contribution in [-0.4, -0.2) is 28.9 Å². The van der Waals surface area contributed by atoms with Crippen LogP contribution in [0.5, 0.6) is 5.75 Å². The summed E-state index contributed by atoms with van der Waals surface area (Å²) < 4.78 is 11.4. The molecule has 1 N–H and O–H groups in total. The van der Waals surface area contributed by atoms with Gasteiger partial charge in [-0.25, -0.2) is 4.79 Å². The number of aromatic carboxylic acids is 1. The van der Waals surface area contributed by atoms with E-state index in [9.17, 15) is 14.9 Å². The highest BCUT2D eigenvalue weighted by Gasteiger charge is 2.48. The third-order valence-corrected chi connectivity index (χ3v) is 6.02. The highest BCUT2D eigenvalue weighted by Crippen LogP contribution is 2.54. The molecule has 25 heavy (non-hydrogen) atoms. The molecular weight excluding hydrogens is 326 g/mol. The fourth-order valence-electron chi connectivity index (χ4n) is 5.24. The van der Waals surface area contributed by atoms with Gasteiger partial charge in [0.15, 0.2) is 6.79 Å². The fraction of sp³-hybridized carbons (Fsp3) is 0.611. The Balaban J connectivity index is 1.42. The summed E-state index contributed by atoms with van der Waals surface area (Å²) in [6, 6.07) is 3.54. The zero-order chi connectivity index (χ0) is 17.6. The monoisotopic (exact) mass is 347 g/mol. The predicted octanol–water partition coefficient (Wildman–Crippen LogP) is 3.47. The molecule has 4 saturated carbocycles. The Morgan fingerprint density at radius 3 is 2.36 bits per heavy atom. The number of nitro benzene ring substituents is 1. The van der Waals surface area contributed by atoms with E-state index in [1.807, 2.05) is 0 Å². The molecule has 7 heteroatoms. The zero-order valence-corrected chi connectivity index (χ0v) is 13.8. The average Bonchev–Trinajstić information content (AvgIpc) is 2.56. The molecule has 4 fully saturated rings. The van der Waals surface area contributed by atoms with Gasteiger partial charge in [0.1, 0.15) is 0 Å². The number of nitro groups is 1. The first-order valence-electron chi connectivity index (χ1n) is 8.77. The molecule has 0 saturated heterocycles. The number of hydrogen-bond donors (Lipinski definition) is 1. The molecule has 0 aromatic heterocycles. The lowest BCUT2D eigenvalue weighted by molar-refractivity contribution is -0.386. The highest BCUT2D eigenvalue weighted by atomic mass is 16.7. The minimum atomic E-state index is -1.15. The first-order chi connectivity index (χ1) is 12.0. The van der Waals surface area contributed by atoms with Crippen LogP contribution in [0.3, 0.4) is 0 Å². The van der Waals surface area contributed by atoms with Crippen LogP contribution < -0.4 is 4.74 Å². The van der Waals surface area contributed by atoms with Crippen LogP contribution in [0.4, 0.5) is 5.69 Å². The maximum atomic E-state index is 11.1. The normalized spacial score (nSPS) is 32.6. The van der Waals surface area contributed by atoms with Gasteiger partial charge in [0.05, 0.1) is 16.6 Å². The molecule has 0 radical (unpaired) electrons.